The number of benzene rings is 1. The number of hydrogen-bond acceptors (Lipinski definition) is 4. The van der Waals surface area contributed by atoms with Gasteiger partial charge in [-0.1, -0.05) is 6.07 Å². The highest BCUT2D eigenvalue weighted by atomic mass is 16.6. The summed E-state index contributed by atoms with van der Waals surface area (Å²) < 4.78 is 5.36. The lowest BCUT2D eigenvalue weighted by molar-refractivity contribution is 0.0204. The minimum absolute atomic E-state index is 0.0860. The number of likely N-dealkylation sites (tertiary alicyclic amines) is 1. The average molecular weight is 321 g/mol. The highest BCUT2D eigenvalue weighted by molar-refractivity contribution is 5.91. The van der Waals surface area contributed by atoms with Crippen LogP contribution in [0.1, 0.15) is 55.5 Å². The van der Waals surface area contributed by atoms with Crippen LogP contribution in [0.4, 0.5) is 4.79 Å². The molecule has 0 saturated carbocycles. The fourth-order valence-electron chi connectivity index (χ4n) is 2.70. The van der Waals surface area contributed by atoms with E-state index in [1.807, 2.05) is 20.8 Å². The largest absolute Gasteiger partial charge is 0.507 e. The molecule has 1 aliphatic rings. The van der Waals surface area contributed by atoms with Crippen molar-refractivity contribution >= 4 is 12.1 Å². The number of carbonyl (C=O) groups excluding carboxylic acids is 1. The van der Waals surface area contributed by atoms with Gasteiger partial charge in [0.25, 0.3) is 0 Å². The van der Waals surface area contributed by atoms with E-state index in [1.54, 1.807) is 11.0 Å². The molecule has 0 atom stereocenters. The van der Waals surface area contributed by atoms with E-state index >= 15 is 0 Å². The lowest BCUT2D eigenvalue weighted by Crippen LogP contribution is -2.41. The predicted molar refractivity (Wildman–Crippen MR) is 84.8 cm³/mol. The number of carboxylic acids is 1. The van der Waals surface area contributed by atoms with Gasteiger partial charge in [0.1, 0.15) is 16.9 Å². The zero-order chi connectivity index (χ0) is 17.2. The van der Waals surface area contributed by atoms with Crippen LogP contribution in [0, 0.1) is 0 Å². The number of carboxylic acid groups (broad SMARTS) is 1. The quantitative estimate of drug-likeness (QED) is 0.873. The summed E-state index contributed by atoms with van der Waals surface area (Å²) in [7, 11) is 0. The molecule has 0 spiro atoms. The van der Waals surface area contributed by atoms with Gasteiger partial charge in [0.2, 0.25) is 0 Å². The summed E-state index contributed by atoms with van der Waals surface area (Å²) in [6.07, 6.45) is 1.17. The van der Waals surface area contributed by atoms with Gasteiger partial charge in [-0.2, -0.15) is 0 Å². The van der Waals surface area contributed by atoms with Crippen LogP contribution < -0.4 is 0 Å². The Morgan fingerprint density at radius 1 is 1.22 bits per heavy atom. The van der Waals surface area contributed by atoms with Crippen LogP contribution >= 0.6 is 0 Å². The summed E-state index contributed by atoms with van der Waals surface area (Å²) in [5.74, 6) is -1.20. The van der Waals surface area contributed by atoms with Crippen LogP contribution in [0.2, 0.25) is 0 Å². The molecule has 1 aliphatic heterocycles. The average Bonchev–Trinajstić information content (AvgIpc) is 2.46. The molecule has 0 unspecified atom stereocenters. The summed E-state index contributed by atoms with van der Waals surface area (Å²) in [6.45, 7) is 6.65. The first kappa shape index (κ1) is 17.1. The van der Waals surface area contributed by atoms with Gasteiger partial charge < -0.3 is 19.8 Å². The topological polar surface area (TPSA) is 87.1 Å². The molecule has 1 fully saturated rings. The van der Waals surface area contributed by atoms with Crippen molar-refractivity contribution in [1.29, 1.82) is 0 Å². The van der Waals surface area contributed by atoms with Gasteiger partial charge in [0.05, 0.1) is 0 Å². The molecule has 1 aromatic rings. The van der Waals surface area contributed by atoms with E-state index in [0.29, 0.717) is 13.1 Å². The molecule has 2 N–H and O–H groups in total. The van der Waals surface area contributed by atoms with Crippen LogP contribution in [0.3, 0.4) is 0 Å². The van der Waals surface area contributed by atoms with Gasteiger partial charge in [-0.05, 0) is 57.2 Å². The molecular weight excluding hydrogens is 298 g/mol. The number of phenols is 1. The third kappa shape index (κ3) is 4.37. The van der Waals surface area contributed by atoms with E-state index in [1.165, 1.54) is 12.1 Å². The number of hydrogen-bond donors (Lipinski definition) is 2. The Kier molecular flexibility index (Phi) is 4.82. The smallest absolute Gasteiger partial charge is 0.410 e. The van der Waals surface area contributed by atoms with Crippen molar-refractivity contribution in [2.45, 2.75) is 45.1 Å². The van der Waals surface area contributed by atoms with E-state index in [-0.39, 0.29) is 23.3 Å². The number of ether oxygens (including phenoxy) is 1. The molecule has 1 saturated heterocycles. The van der Waals surface area contributed by atoms with Gasteiger partial charge in [-0.3, -0.25) is 0 Å². The second-order valence-corrected chi connectivity index (χ2v) is 6.82. The molecule has 1 aromatic carbocycles. The van der Waals surface area contributed by atoms with Gasteiger partial charge in [-0.25, -0.2) is 9.59 Å². The summed E-state index contributed by atoms with van der Waals surface area (Å²) in [5, 5.41) is 18.7. The van der Waals surface area contributed by atoms with Crippen molar-refractivity contribution in [3.05, 3.63) is 29.3 Å². The first-order valence-corrected chi connectivity index (χ1v) is 7.71. The summed E-state index contributed by atoms with van der Waals surface area (Å²) in [6, 6.07) is 4.68. The lowest BCUT2D eigenvalue weighted by Gasteiger charge is -2.33. The van der Waals surface area contributed by atoms with Gasteiger partial charge in [-0.15, -0.1) is 0 Å². The van der Waals surface area contributed by atoms with Gasteiger partial charge in [0, 0.05) is 13.1 Å². The molecule has 1 amide bonds. The van der Waals surface area contributed by atoms with Crippen molar-refractivity contribution < 1.29 is 24.5 Å². The van der Waals surface area contributed by atoms with Crippen molar-refractivity contribution in [2.24, 2.45) is 0 Å². The van der Waals surface area contributed by atoms with Crippen molar-refractivity contribution in [3.8, 4) is 5.75 Å². The second-order valence-electron chi connectivity index (χ2n) is 6.82. The van der Waals surface area contributed by atoms with Crippen LogP contribution in [-0.2, 0) is 4.74 Å². The first-order valence-electron chi connectivity index (χ1n) is 7.71. The van der Waals surface area contributed by atoms with Crippen LogP contribution in [0.15, 0.2) is 18.2 Å². The molecule has 6 heteroatoms. The minimum atomic E-state index is -1.14. The molecular formula is C17H23NO5. The number of aromatic carboxylic acids is 1. The summed E-state index contributed by atoms with van der Waals surface area (Å²) in [4.78, 5) is 24.8. The number of carbonyl (C=O) groups is 2. The van der Waals surface area contributed by atoms with Crippen LogP contribution in [-0.4, -0.2) is 45.9 Å². The highest BCUT2D eigenvalue weighted by Gasteiger charge is 2.28. The maximum atomic E-state index is 12.0. The minimum Gasteiger partial charge on any atom is -0.507 e. The second kappa shape index (κ2) is 6.48. The Hall–Kier alpha value is -2.24. The molecule has 0 bridgehead atoms. The summed E-state index contributed by atoms with van der Waals surface area (Å²) in [5.41, 5.74) is 0.280. The molecule has 6 nitrogen and oxygen atoms in total. The van der Waals surface area contributed by atoms with Crippen molar-refractivity contribution in [2.75, 3.05) is 13.1 Å². The highest BCUT2D eigenvalue weighted by Crippen LogP contribution is 2.31. The summed E-state index contributed by atoms with van der Waals surface area (Å²) >= 11 is 0. The molecule has 0 radical (unpaired) electrons. The molecule has 1 heterocycles. The number of aromatic hydroxyl groups is 1. The Labute approximate surface area is 135 Å². The Bertz CT molecular complexity index is 597. The van der Waals surface area contributed by atoms with E-state index in [4.69, 9.17) is 9.84 Å². The fourth-order valence-corrected chi connectivity index (χ4v) is 2.70. The third-order valence-electron chi connectivity index (χ3n) is 3.87. The van der Waals surface area contributed by atoms with Crippen LogP contribution in [0.25, 0.3) is 0 Å². The fraction of sp³-hybridized carbons (Fsp3) is 0.529. The van der Waals surface area contributed by atoms with Gasteiger partial charge >= 0.3 is 12.1 Å². The Balaban J connectivity index is 2.01. The predicted octanol–water partition coefficient (Wildman–Crippen LogP) is 3.20. The van der Waals surface area contributed by atoms with E-state index < -0.39 is 11.6 Å². The number of piperidine rings is 1. The van der Waals surface area contributed by atoms with Crippen LogP contribution in [0.5, 0.6) is 5.75 Å². The number of amides is 1. The molecule has 23 heavy (non-hydrogen) atoms. The number of nitrogens with zero attached hydrogens (tertiary/aromatic N) is 1. The van der Waals surface area contributed by atoms with E-state index in [2.05, 4.69) is 0 Å². The maximum absolute atomic E-state index is 12.0. The SMILES string of the molecule is CC(C)(C)OC(=O)N1CCC(c2ccc(O)c(C(=O)O)c2)CC1. The first-order chi connectivity index (χ1) is 10.7. The van der Waals surface area contributed by atoms with Gasteiger partial charge in [0.15, 0.2) is 0 Å². The monoisotopic (exact) mass is 321 g/mol. The molecule has 2 rings (SSSR count). The zero-order valence-electron chi connectivity index (χ0n) is 13.7. The normalized spacial score (nSPS) is 16.2. The zero-order valence-corrected chi connectivity index (χ0v) is 13.7. The molecule has 0 aromatic heterocycles. The maximum Gasteiger partial charge on any atom is 0.410 e. The van der Waals surface area contributed by atoms with Crippen molar-refractivity contribution in [3.63, 3.8) is 0 Å². The van der Waals surface area contributed by atoms with E-state index in [0.717, 1.165) is 18.4 Å². The molecule has 0 aliphatic carbocycles. The standard InChI is InChI=1S/C17H23NO5/c1-17(2,3)23-16(22)18-8-6-11(7-9-18)12-4-5-14(19)13(10-12)15(20)21/h4-5,10-11,19H,6-9H2,1-3H3,(H,20,21). The number of rotatable bonds is 2. The third-order valence-corrected chi connectivity index (χ3v) is 3.87. The van der Waals surface area contributed by atoms with Crippen molar-refractivity contribution in [1.82, 2.24) is 4.90 Å². The van der Waals surface area contributed by atoms with E-state index in [9.17, 15) is 14.7 Å². The molecule has 126 valence electrons. The Morgan fingerprint density at radius 3 is 2.35 bits per heavy atom. The Morgan fingerprint density at radius 2 is 1.83 bits per heavy atom. The lowest BCUT2D eigenvalue weighted by atomic mass is 9.88.